The zero-order valence-electron chi connectivity index (χ0n) is 21.3. The topological polar surface area (TPSA) is 140 Å². The minimum Gasteiger partial charge on any atom is -0.480 e. The van der Waals surface area contributed by atoms with E-state index in [0.29, 0.717) is 0 Å². The molecular weight excluding hydrogens is 480 g/mol. The van der Waals surface area contributed by atoms with Crippen molar-refractivity contribution in [3.8, 4) is 0 Å². The standard InChI is InChI=1S/C27H34N2O8/c1-27(2,3)37-26(34)29-22(24(32)35-17-19-11-6-4-7-12-19)16-10-15-21(23(30)31)28-25(33)36-18-20-13-8-5-9-14-20/h4-9,11-14,21-22H,10,15-18H2,1-3H3,(H,28,33)(H,29,34)(H,30,31)/t21-,22+/m0/s1. The SMILES string of the molecule is CC(C)(C)OC(=O)N[C@H](CCC[C@H](NC(=O)OCc1ccccc1)C(=O)O)C(=O)OCc1ccccc1. The van der Waals surface area contributed by atoms with E-state index in [1.807, 2.05) is 24.3 Å². The molecule has 10 heteroatoms. The fraction of sp³-hybridized carbons (Fsp3) is 0.407. The molecule has 0 aliphatic rings. The lowest BCUT2D eigenvalue weighted by Crippen LogP contribution is -2.45. The van der Waals surface area contributed by atoms with Crippen molar-refractivity contribution in [2.45, 2.75) is 70.9 Å². The number of esters is 1. The van der Waals surface area contributed by atoms with Gasteiger partial charge in [-0.2, -0.15) is 0 Å². The molecule has 0 spiro atoms. The normalized spacial score (nSPS) is 12.5. The van der Waals surface area contributed by atoms with Crippen LogP contribution in [0.4, 0.5) is 9.59 Å². The number of benzene rings is 2. The average Bonchev–Trinajstić information content (AvgIpc) is 2.84. The molecule has 0 aliphatic carbocycles. The number of alkyl carbamates (subject to hydrolysis) is 2. The molecule has 0 fully saturated rings. The van der Waals surface area contributed by atoms with E-state index in [1.54, 1.807) is 57.2 Å². The Balaban J connectivity index is 1.92. The summed E-state index contributed by atoms with van der Waals surface area (Å²) in [6, 6.07) is 15.7. The van der Waals surface area contributed by atoms with Gasteiger partial charge in [-0.15, -0.1) is 0 Å². The molecule has 2 atom stereocenters. The third kappa shape index (κ3) is 11.9. The highest BCUT2D eigenvalue weighted by Gasteiger charge is 2.27. The fourth-order valence-electron chi connectivity index (χ4n) is 3.22. The lowest BCUT2D eigenvalue weighted by Gasteiger charge is -2.23. The number of rotatable bonds is 12. The third-order valence-electron chi connectivity index (χ3n) is 4.99. The van der Waals surface area contributed by atoms with Gasteiger partial charge in [0.2, 0.25) is 0 Å². The van der Waals surface area contributed by atoms with Crippen LogP contribution in [-0.4, -0.2) is 46.9 Å². The van der Waals surface area contributed by atoms with Crippen LogP contribution in [0.3, 0.4) is 0 Å². The number of carboxylic acids is 1. The van der Waals surface area contributed by atoms with E-state index >= 15 is 0 Å². The van der Waals surface area contributed by atoms with Crippen LogP contribution in [0, 0.1) is 0 Å². The molecule has 0 radical (unpaired) electrons. The number of hydrogen-bond donors (Lipinski definition) is 3. The Kier molecular flexibility index (Phi) is 11.4. The quantitative estimate of drug-likeness (QED) is 0.283. The van der Waals surface area contributed by atoms with Crippen LogP contribution in [0.25, 0.3) is 0 Å². The second-order valence-corrected chi connectivity index (χ2v) is 9.32. The monoisotopic (exact) mass is 514 g/mol. The highest BCUT2D eigenvalue weighted by Crippen LogP contribution is 2.12. The molecular formula is C27H34N2O8. The van der Waals surface area contributed by atoms with Crippen molar-refractivity contribution in [1.82, 2.24) is 10.6 Å². The number of ether oxygens (including phenoxy) is 3. The van der Waals surface area contributed by atoms with Crippen molar-refractivity contribution < 1.29 is 38.5 Å². The van der Waals surface area contributed by atoms with E-state index in [9.17, 15) is 24.3 Å². The molecule has 0 heterocycles. The molecule has 10 nitrogen and oxygen atoms in total. The Morgan fingerprint density at radius 2 is 1.24 bits per heavy atom. The van der Waals surface area contributed by atoms with Crippen molar-refractivity contribution in [2.24, 2.45) is 0 Å². The second kappa shape index (κ2) is 14.5. The Labute approximate surface area is 216 Å². The minimum atomic E-state index is -1.25. The molecule has 0 bridgehead atoms. The summed E-state index contributed by atoms with van der Waals surface area (Å²) in [5.74, 6) is -1.93. The summed E-state index contributed by atoms with van der Waals surface area (Å²) < 4.78 is 15.7. The van der Waals surface area contributed by atoms with Crippen LogP contribution in [0.1, 0.15) is 51.2 Å². The van der Waals surface area contributed by atoms with Crippen molar-refractivity contribution >= 4 is 24.1 Å². The molecule has 0 unspecified atom stereocenters. The summed E-state index contributed by atoms with van der Waals surface area (Å²) >= 11 is 0. The van der Waals surface area contributed by atoms with Crippen molar-refractivity contribution in [2.75, 3.05) is 0 Å². The van der Waals surface area contributed by atoms with E-state index in [4.69, 9.17) is 14.2 Å². The highest BCUT2D eigenvalue weighted by atomic mass is 16.6. The van der Waals surface area contributed by atoms with Gasteiger partial charge in [-0.3, -0.25) is 0 Å². The number of carbonyl (C=O) groups excluding carboxylic acids is 3. The van der Waals surface area contributed by atoms with Crippen LogP contribution in [-0.2, 0) is 37.0 Å². The molecule has 2 rings (SSSR count). The van der Waals surface area contributed by atoms with Gasteiger partial charge in [-0.25, -0.2) is 19.2 Å². The fourth-order valence-corrected chi connectivity index (χ4v) is 3.22. The molecule has 0 aromatic heterocycles. The van der Waals surface area contributed by atoms with Gasteiger partial charge in [0.15, 0.2) is 0 Å². The van der Waals surface area contributed by atoms with Gasteiger partial charge >= 0.3 is 24.1 Å². The molecule has 3 N–H and O–H groups in total. The van der Waals surface area contributed by atoms with Gasteiger partial charge in [0, 0.05) is 0 Å². The Morgan fingerprint density at radius 1 is 0.757 bits per heavy atom. The highest BCUT2D eigenvalue weighted by molar-refractivity contribution is 5.81. The summed E-state index contributed by atoms with van der Waals surface area (Å²) in [5.41, 5.74) is 0.756. The van der Waals surface area contributed by atoms with Crippen LogP contribution in [0.5, 0.6) is 0 Å². The van der Waals surface area contributed by atoms with Gasteiger partial charge in [-0.1, -0.05) is 60.7 Å². The van der Waals surface area contributed by atoms with Gasteiger partial charge in [-0.05, 0) is 51.2 Å². The first-order chi connectivity index (χ1) is 17.5. The van der Waals surface area contributed by atoms with Crippen LogP contribution in [0.15, 0.2) is 60.7 Å². The largest absolute Gasteiger partial charge is 0.480 e. The molecule has 2 aromatic carbocycles. The van der Waals surface area contributed by atoms with Gasteiger partial charge < -0.3 is 30.0 Å². The van der Waals surface area contributed by atoms with Crippen LogP contribution in [0.2, 0.25) is 0 Å². The average molecular weight is 515 g/mol. The number of hydrogen-bond acceptors (Lipinski definition) is 7. The molecule has 200 valence electrons. The smallest absolute Gasteiger partial charge is 0.408 e. The zero-order valence-corrected chi connectivity index (χ0v) is 21.3. The number of nitrogens with one attached hydrogen (secondary N) is 2. The summed E-state index contributed by atoms with van der Waals surface area (Å²) in [7, 11) is 0. The first-order valence-electron chi connectivity index (χ1n) is 11.9. The Bertz CT molecular complexity index is 1020. The maximum atomic E-state index is 12.7. The molecule has 37 heavy (non-hydrogen) atoms. The predicted octanol–water partition coefficient (Wildman–Crippen LogP) is 4.17. The molecule has 0 aliphatic heterocycles. The molecule has 0 saturated carbocycles. The van der Waals surface area contributed by atoms with E-state index in [-0.39, 0.29) is 32.5 Å². The van der Waals surface area contributed by atoms with E-state index in [1.165, 1.54) is 0 Å². The zero-order chi connectivity index (χ0) is 27.3. The first-order valence-corrected chi connectivity index (χ1v) is 11.9. The van der Waals surface area contributed by atoms with E-state index in [0.717, 1.165) is 11.1 Å². The minimum absolute atomic E-state index is 0.00572. The second-order valence-electron chi connectivity index (χ2n) is 9.32. The summed E-state index contributed by atoms with van der Waals surface area (Å²) in [5, 5.41) is 14.3. The van der Waals surface area contributed by atoms with Crippen molar-refractivity contribution in [3.05, 3.63) is 71.8 Å². The van der Waals surface area contributed by atoms with Gasteiger partial charge in [0.25, 0.3) is 0 Å². The van der Waals surface area contributed by atoms with Crippen LogP contribution >= 0.6 is 0 Å². The summed E-state index contributed by atoms with van der Waals surface area (Å²) in [6.07, 6.45) is -1.43. The number of carbonyl (C=O) groups is 4. The predicted molar refractivity (Wildman–Crippen MR) is 134 cm³/mol. The molecule has 2 aromatic rings. The van der Waals surface area contributed by atoms with Crippen molar-refractivity contribution in [3.63, 3.8) is 0 Å². The summed E-state index contributed by atoms with van der Waals surface area (Å²) in [4.78, 5) is 48.8. The first kappa shape index (κ1) is 29.2. The van der Waals surface area contributed by atoms with Crippen LogP contribution < -0.4 is 10.6 Å². The van der Waals surface area contributed by atoms with Gasteiger partial charge in [0.05, 0.1) is 0 Å². The number of amides is 2. The molecule has 0 saturated heterocycles. The maximum Gasteiger partial charge on any atom is 0.408 e. The lowest BCUT2D eigenvalue weighted by atomic mass is 10.1. The van der Waals surface area contributed by atoms with E-state index < -0.39 is 41.8 Å². The third-order valence-corrected chi connectivity index (χ3v) is 4.99. The maximum absolute atomic E-state index is 12.7. The van der Waals surface area contributed by atoms with Gasteiger partial charge in [0.1, 0.15) is 30.9 Å². The van der Waals surface area contributed by atoms with Crippen molar-refractivity contribution in [1.29, 1.82) is 0 Å². The number of carboxylic acid groups (broad SMARTS) is 1. The van der Waals surface area contributed by atoms with E-state index in [2.05, 4.69) is 10.6 Å². The molecule has 2 amide bonds. The lowest BCUT2D eigenvalue weighted by molar-refractivity contribution is -0.147. The summed E-state index contributed by atoms with van der Waals surface area (Å²) in [6.45, 7) is 5.08. The Hall–Kier alpha value is -4.08. The number of aliphatic carboxylic acids is 1. The Morgan fingerprint density at radius 3 is 1.76 bits per heavy atom.